The van der Waals surface area contributed by atoms with Crippen LogP contribution >= 0.6 is 0 Å². The summed E-state index contributed by atoms with van der Waals surface area (Å²) in [6, 6.07) is 56.4. The Morgan fingerprint density at radius 2 is 1.02 bits per heavy atom. The smallest absolute Gasteiger partial charge is 0.0545 e. The summed E-state index contributed by atoms with van der Waals surface area (Å²) in [7, 11) is 0. The molecule has 258 valence electrons. The van der Waals surface area contributed by atoms with Gasteiger partial charge in [0.15, 0.2) is 0 Å². The van der Waals surface area contributed by atoms with Crippen LogP contribution in [0.3, 0.4) is 0 Å². The molecule has 0 bridgehead atoms. The van der Waals surface area contributed by atoms with Gasteiger partial charge in [0.25, 0.3) is 0 Å². The summed E-state index contributed by atoms with van der Waals surface area (Å²) in [6.45, 7) is 19.1. The third kappa shape index (κ3) is 5.37. The van der Waals surface area contributed by atoms with Gasteiger partial charge in [0, 0.05) is 22.4 Å². The van der Waals surface area contributed by atoms with E-state index in [0.717, 1.165) is 11.4 Å². The van der Waals surface area contributed by atoms with Crippen molar-refractivity contribution in [1.82, 2.24) is 0 Å². The molecule has 0 N–H and O–H groups in total. The van der Waals surface area contributed by atoms with E-state index in [4.69, 9.17) is 0 Å². The van der Waals surface area contributed by atoms with Crippen molar-refractivity contribution >= 4 is 27.8 Å². The zero-order valence-electron chi connectivity index (χ0n) is 31.9. The molecule has 0 amide bonds. The van der Waals surface area contributed by atoms with Gasteiger partial charge in [-0.15, -0.1) is 0 Å². The van der Waals surface area contributed by atoms with Gasteiger partial charge in [0.1, 0.15) is 0 Å². The van der Waals surface area contributed by atoms with Gasteiger partial charge < -0.3 is 4.90 Å². The normalized spacial score (nSPS) is 13.5. The highest BCUT2D eigenvalue weighted by Crippen LogP contribution is 2.66. The van der Waals surface area contributed by atoms with Crippen LogP contribution in [0.15, 0.2) is 152 Å². The van der Waals surface area contributed by atoms with Crippen LogP contribution in [0, 0.1) is 24.7 Å². The highest BCUT2D eigenvalue weighted by atomic mass is 15.1. The number of benzene rings is 7. The molecule has 0 saturated carbocycles. The summed E-state index contributed by atoms with van der Waals surface area (Å²) < 4.78 is 0. The maximum atomic E-state index is 2.51. The first-order chi connectivity index (χ1) is 24.9. The van der Waals surface area contributed by atoms with Gasteiger partial charge in [0.2, 0.25) is 0 Å². The average molecular weight is 676 g/mol. The third-order valence-corrected chi connectivity index (χ3v) is 11.4. The SMILES string of the molecule is Cc1ccc2c(c1)C(C(C)(C)C)(C(C)(C)C)c1cc(C)cc(N(c3ccc(-c4ccc5ccccc5c4)cc3)c3cccc(-c4ccccc4)c3)c1-2. The van der Waals surface area contributed by atoms with Gasteiger partial charge in [-0.3, -0.25) is 0 Å². The Morgan fingerprint density at radius 3 is 1.73 bits per heavy atom. The monoisotopic (exact) mass is 675 g/mol. The number of fused-ring (bicyclic) bond motifs is 4. The van der Waals surface area contributed by atoms with Crippen molar-refractivity contribution in [3.05, 3.63) is 174 Å². The van der Waals surface area contributed by atoms with Crippen LogP contribution in [0.5, 0.6) is 0 Å². The molecule has 0 aromatic heterocycles. The second kappa shape index (κ2) is 12.4. The summed E-state index contributed by atoms with van der Waals surface area (Å²) in [5.41, 5.74) is 16.2. The number of hydrogen-bond acceptors (Lipinski definition) is 1. The third-order valence-electron chi connectivity index (χ3n) is 11.4. The van der Waals surface area contributed by atoms with E-state index in [1.165, 1.54) is 72.1 Å². The minimum atomic E-state index is -0.213. The fraction of sp³-hybridized carbons (Fsp3) is 0.216. The standard InChI is InChI=1S/C51H49N/c1-34-21-28-44-45(29-34)51(49(3,4)5,50(6,7)8)46-30-35(2)31-47(48(44)46)52(43-20-14-19-40(33-43)36-15-10-9-11-16-36)42-26-24-38(25-27-42)41-23-22-37-17-12-13-18-39(37)32-41/h9-33H,1-8H3. The molecule has 0 atom stereocenters. The highest BCUT2D eigenvalue weighted by molar-refractivity contribution is 5.97. The van der Waals surface area contributed by atoms with E-state index in [2.05, 4.69) is 212 Å². The first-order valence-electron chi connectivity index (χ1n) is 18.7. The predicted octanol–water partition coefficient (Wildman–Crippen LogP) is 14.6. The van der Waals surface area contributed by atoms with Crippen LogP contribution in [0.1, 0.15) is 63.8 Å². The summed E-state index contributed by atoms with van der Waals surface area (Å²) >= 11 is 0. The fourth-order valence-corrected chi connectivity index (χ4v) is 9.65. The van der Waals surface area contributed by atoms with Gasteiger partial charge in [0.05, 0.1) is 5.69 Å². The number of hydrogen-bond donors (Lipinski definition) is 0. The molecule has 0 fully saturated rings. The van der Waals surface area contributed by atoms with Crippen molar-refractivity contribution < 1.29 is 0 Å². The minimum absolute atomic E-state index is 0.0519. The quantitative estimate of drug-likeness (QED) is 0.175. The first-order valence-corrected chi connectivity index (χ1v) is 18.7. The Bertz CT molecular complexity index is 2420. The lowest BCUT2D eigenvalue weighted by Gasteiger charge is -2.53. The van der Waals surface area contributed by atoms with Crippen molar-refractivity contribution in [2.75, 3.05) is 4.90 Å². The Kier molecular flexibility index (Phi) is 8.03. The van der Waals surface area contributed by atoms with Crippen LogP contribution in [0.25, 0.3) is 44.2 Å². The Labute approximate surface area is 310 Å². The van der Waals surface area contributed by atoms with Gasteiger partial charge in [-0.05, 0) is 116 Å². The van der Waals surface area contributed by atoms with Crippen molar-refractivity contribution in [3.63, 3.8) is 0 Å². The summed E-state index contributed by atoms with van der Waals surface area (Å²) in [5.74, 6) is 0. The Morgan fingerprint density at radius 1 is 0.423 bits per heavy atom. The van der Waals surface area contributed by atoms with E-state index >= 15 is 0 Å². The average Bonchev–Trinajstić information content (AvgIpc) is 3.43. The van der Waals surface area contributed by atoms with E-state index in [1.54, 1.807) is 0 Å². The number of aryl methyl sites for hydroxylation is 2. The molecule has 1 aliphatic carbocycles. The van der Waals surface area contributed by atoms with E-state index in [-0.39, 0.29) is 16.2 Å². The molecule has 1 heteroatoms. The van der Waals surface area contributed by atoms with Crippen LogP contribution in [-0.2, 0) is 5.41 Å². The van der Waals surface area contributed by atoms with E-state index < -0.39 is 0 Å². The van der Waals surface area contributed by atoms with Crippen LogP contribution < -0.4 is 4.90 Å². The van der Waals surface area contributed by atoms with E-state index in [9.17, 15) is 0 Å². The molecule has 0 aliphatic heterocycles. The van der Waals surface area contributed by atoms with Crippen LogP contribution in [0.2, 0.25) is 0 Å². The molecular formula is C51H49N. The van der Waals surface area contributed by atoms with E-state index in [0.29, 0.717) is 0 Å². The molecule has 0 heterocycles. The lowest BCUT2D eigenvalue weighted by molar-refractivity contribution is 0.0950. The lowest BCUT2D eigenvalue weighted by Crippen LogP contribution is -2.50. The Hall–Kier alpha value is -5.40. The molecule has 0 spiro atoms. The van der Waals surface area contributed by atoms with Gasteiger partial charge in [-0.2, -0.15) is 0 Å². The van der Waals surface area contributed by atoms with Crippen molar-refractivity contribution in [2.45, 2.75) is 60.8 Å². The van der Waals surface area contributed by atoms with Crippen LogP contribution in [0.4, 0.5) is 17.1 Å². The second-order valence-electron chi connectivity index (χ2n) is 16.9. The number of nitrogens with zero attached hydrogens (tertiary/aromatic N) is 1. The Balaban J connectivity index is 1.39. The molecule has 7 aromatic carbocycles. The molecular weight excluding hydrogens is 627 g/mol. The van der Waals surface area contributed by atoms with Crippen molar-refractivity contribution in [1.29, 1.82) is 0 Å². The minimum Gasteiger partial charge on any atom is -0.310 e. The molecule has 8 rings (SSSR count). The first kappa shape index (κ1) is 33.7. The summed E-state index contributed by atoms with van der Waals surface area (Å²) in [5, 5.41) is 2.52. The molecule has 1 aliphatic rings. The largest absolute Gasteiger partial charge is 0.310 e. The molecule has 0 unspecified atom stereocenters. The molecule has 7 aromatic rings. The molecule has 1 nitrogen and oxygen atoms in total. The second-order valence-corrected chi connectivity index (χ2v) is 16.9. The highest BCUT2D eigenvalue weighted by Gasteiger charge is 2.58. The van der Waals surface area contributed by atoms with E-state index in [1.807, 2.05) is 0 Å². The molecule has 0 saturated heterocycles. The summed E-state index contributed by atoms with van der Waals surface area (Å²) in [6.07, 6.45) is 0. The molecule has 0 radical (unpaired) electrons. The maximum Gasteiger partial charge on any atom is 0.0545 e. The molecule has 52 heavy (non-hydrogen) atoms. The lowest BCUT2D eigenvalue weighted by atomic mass is 9.50. The van der Waals surface area contributed by atoms with Gasteiger partial charge >= 0.3 is 0 Å². The topological polar surface area (TPSA) is 3.24 Å². The number of anilines is 3. The maximum absolute atomic E-state index is 2.51. The van der Waals surface area contributed by atoms with Gasteiger partial charge in [-0.25, -0.2) is 0 Å². The van der Waals surface area contributed by atoms with Gasteiger partial charge in [-0.1, -0.05) is 162 Å². The van der Waals surface area contributed by atoms with Crippen LogP contribution in [-0.4, -0.2) is 0 Å². The summed E-state index contributed by atoms with van der Waals surface area (Å²) in [4.78, 5) is 2.51. The number of rotatable bonds is 5. The zero-order chi connectivity index (χ0) is 36.4. The fourth-order valence-electron chi connectivity index (χ4n) is 9.65. The van der Waals surface area contributed by atoms with Crippen molar-refractivity contribution in [2.24, 2.45) is 10.8 Å². The zero-order valence-corrected chi connectivity index (χ0v) is 31.9. The predicted molar refractivity (Wildman–Crippen MR) is 224 cm³/mol. The van der Waals surface area contributed by atoms with Crippen molar-refractivity contribution in [3.8, 4) is 33.4 Å².